The van der Waals surface area contributed by atoms with Gasteiger partial charge in [-0.25, -0.2) is 18.1 Å². The Labute approximate surface area is 135 Å². The van der Waals surface area contributed by atoms with Gasteiger partial charge in [0.15, 0.2) is 5.82 Å². The molecular formula is C15H20N4O3S. The van der Waals surface area contributed by atoms with Crippen LogP contribution in [-0.2, 0) is 14.8 Å². The number of hydrogen-bond acceptors (Lipinski definition) is 5. The van der Waals surface area contributed by atoms with Gasteiger partial charge >= 0.3 is 0 Å². The van der Waals surface area contributed by atoms with Crippen LogP contribution in [0.3, 0.4) is 0 Å². The molecule has 0 aliphatic carbocycles. The first kappa shape index (κ1) is 16.1. The zero-order valence-electron chi connectivity index (χ0n) is 13.4. The van der Waals surface area contributed by atoms with Crippen LogP contribution in [0.5, 0.6) is 0 Å². The first-order valence-corrected chi connectivity index (χ1v) is 8.93. The lowest BCUT2D eigenvalue weighted by Crippen LogP contribution is -2.49. The van der Waals surface area contributed by atoms with E-state index in [0.29, 0.717) is 19.0 Å². The van der Waals surface area contributed by atoms with Crippen LogP contribution in [-0.4, -0.2) is 52.8 Å². The minimum absolute atomic E-state index is 0.116. The summed E-state index contributed by atoms with van der Waals surface area (Å²) in [6.45, 7) is 6.40. The van der Waals surface area contributed by atoms with Crippen LogP contribution in [0, 0.1) is 6.92 Å². The highest BCUT2D eigenvalue weighted by Gasteiger charge is 2.35. The number of nitrogens with zero attached hydrogens (tertiary/aromatic N) is 4. The van der Waals surface area contributed by atoms with Gasteiger partial charge in [-0.05, 0) is 38.5 Å². The van der Waals surface area contributed by atoms with Crippen LogP contribution < -0.4 is 0 Å². The maximum absolute atomic E-state index is 12.9. The Hall–Kier alpha value is -1.77. The van der Waals surface area contributed by atoms with Crippen LogP contribution in [0.1, 0.15) is 19.4 Å². The number of rotatable bonds is 3. The fourth-order valence-corrected chi connectivity index (χ4v) is 4.18. The number of morpholine rings is 1. The van der Waals surface area contributed by atoms with E-state index in [1.165, 1.54) is 21.4 Å². The van der Waals surface area contributed by atoms with Crippen molar-refractivity contribution in [1.29, 1.82) is 0 Å². The molecule has 0 saturated carbocycles. The quantitative estimate of drug-likeness (QED) is 0.846. The van der Waals surface area contributed by atoms with Gasteiger partial charge in [-0.15, -0.1) is 0 Å². The van der Waals surface area contributed by atoms with Gasteiger partial charge in [-0.2, -0.15) is 9.40 Å². The van der Waals surface area contributed by atoms with Crippen molar-refractivity contribution >= 4 is 10.0 Å². The molecular weight excluding hydrogens is 316 g/mol. The summed E-state index contributed by atoms with van der Waals surface area (Å²) in [5.41, 5.74) is 1.03. The maximum Gasteiger partial charge on any atom is 0.246 e. The summed E-state index contributed by atoms with van der Waals surface area (Å²) in [5.74, 6) is 0.592. The average Bonchev–Trinajstić information content (AvgIpc) is 3.00. The summed E-state index contributed by atoms with van der Waals surface area (Å²) in [6.07, 6.45) is 4.43. The van der Waals surface area contributed by atoms with E-state index < -0.39 is 10.0 Å². The van der Waals surface area contributed by atoms with E-state index in [-0.39, 0.29) is 17.0 Å². The van der Waals surface area contributed by atoms with Gasteiger partial charge in [0.2, 0.25) is 10.0 Å². The van der Waals surface area contributed by atoms with Crippen molar-refractivity contribution in [1.82, 2.24) is 19.1 Å². The third-order valence-corrected chi connectivity index (χ3v) is 5.78. The monoisotopic (exact) mass is 336 g/mol. The van der Waals surface area contributed by atoms with Crippen molar-refractivity contribution in [2.24, 2.45) is 0 Å². The van der Waals surface area contributed by atoms with Gasteiger partial charge in [0.1, 0.15) is 4.90 Å². The smallest absolute Gasteiger partial charge is 0.246 e. The third kappa shape index (κ3) is 3.15. The summed E-state index contributed by atoms with van der Waals surface area (Å²) in [6, 6.07) is 3.53. The molecule has 23 heavy (non-hydrogen) atoms. The molecule has 3 heterocycles. The SMILES string of the molecule is Cc1ccnc(-n2cc(S(=O)(=O)N3C[C@@H](C)OC[C@@H]3C)cn2)c1. The minimum atomic E-state index is -3.60. The zero-order valence-corrected chi connectivity index (χ0v) is 14.2. The fraction of sp³-hybridized carbons (Fsp3) is 0.467. The number of aryl methyl sites for hydroxylation is 1. The van der Waals surface area contributed by atoms with Crippen LogP contribution in [0.4, 0.5) is 0 Å². The normalized spacial score (nSPS) is 23.1. The Morgan fingerprint density at radius 3 is 2.87 bits per heavy atom. The average molecular weight is 336 g/mol. The molecule has 2 aromatic rings. The molecule has 7 nitrogen and oxygen atoms in total. The summed E-state index contributed by atoms with van der Waals surface area (Å²) in [5, 5.41) is 4.15. The van der Waals surface area contributed by atoms with Crippen LogP contribution in [0.25, 0.3) is 5.82 Å². The van der Waals surface area contributed by atoms with Gasteiger partial charge < -0.3 is 4.74 Å². The van der Waals surface area contributed by atoms with Gasteiger partial charge in [0.25, 0.3) is 0 Å². The van der Waals surface area contributed by atoms with E-state index in [4.69, 9.17) is 4.74 Å². The molecule has 124 valence electrons. The largest absolute Gasteiger partial charge is 0.375 e. The maximum atomic E-state index is 12.9. The van der Waals surface area contributed by atoms with Crippen molar-refractivity contribution in [2.75, 3.05) is 13.2 Å². The molecule has 0 N–H and O–H groups in total. The Morgan fingerprint density at radius 1 is 1.35 bits per heavy atom. The van der Waals surface area contributed by atoms with E-state index in [1.807, 2.05) is 32.9 Å². The van der Waals surface area contributed by atoms with Crippen LogP contribution in [0.15, 0.2) is 35.6 Å². The fourth-order valence-electron chi connectivity index (χ4n) is 2.55. The summed E-state index contributed by atoms with van der Waals surface area (Å²) in [7, 11) is -3.60. The molecule has 2 aromatic heterocycles. The Balaban J connectivity index is 1.92. The van der Waals surface area contributed by atoms with Crippen molar-refractivity contribution in [3.63, 3.8) is 0 Å². The highest BCUT2D eigenvalue weighted by Crippen LogP contribution is 2.22. The van der Waals surface area contributed by atoms with Crippen molar-refractivity contribution in [2.45, 2.75) is 37.8 Å². The van der Waals surface area contributed by atoms with E-state index in [2.05, 4.69) is 10.1 Å². The predicted molar refractivity (Wildman–Crippen MR) is 84.9 cm³/mol. The molecule has 1 aliphatic heterocycles. The van der Waals surface area contributed by atoms with Gasteiger partial charge in [0.05, 0.1) is 25.1 Å². The molecule has 0 spiro atoms. The molecule has 8 heteroatoms. The summed E-state index contributed by atoms with van der Waals surface area (Å²) < 4.78 is 34.2. The van der Waals surface area contributed by atoms with E-state index in [9.17, 15) is 8.42 Å². The highest BCUT2D eigenvalue weighted by molar-refractivity contribution is 7.89. The molecule has 0 radical (unpaired) electrons. The standard InChI is InChI=1S/C15H20N4O3S/c1-11-4-5-16-15(6-11)18-9-14(7-17-18)23(20,21)19-8-13(3)22-10-12(19)2/h4-7,9,12-13H,8,10H2,1-3H3/t12-,13+/m0/s1. The van der Waals surface area contributed by atoms with Gasteiger partial charge in [-0.1, -0.05) is 0 Å². The second-order valence-corrected chi connectivity index (χ2v) is 7.77. The Bertz CT molecular complexity index is 803. The zero-order chi connectivity index (χ0) is 16.6. The van der Waals surface area contributed by atoms with Gasteiger partial charge in [0, 0.05) is 18.8 Å². The van der Waals surface area contributed by atoms with Crippen molar-refractivity contribution < 1.29 is 13.2 Å². The lowest BCUT2D eigenvalue weighted by atomic mass is 10.2. The van der Waals surface area contributed by atoms with Crippen LogP contribution in [0.2, 0.25) is 0 Å². The second kappa shape index (κ2) is 6.03. The molecule has 0 bridgehead atoms. The number of pyridine rings is 1. The minimum Gasteiger partial charge on any atom is -0.375 e. The summed E-state index contributed by atoms with van der Waals surface area (Å²) >= 11 is 0. The van der Waals surface area contributed by atoms with E-state index in [0.717, 1.165) is 5.56 Å². The lowest BCUT2D eigenvalue weighted by Gasteiger charge is -2.35. The first-order chi connectivity index (χ1) is 10.9. The molecule has 0 unspecified atom stereocenters. The van der Waals surface area contributed by atoms with Crippen LogP contribution >= 0.6 is 0 Å². The first-order valence-electron chi connectivity index (χ1n) is 7.49. The number of aromatic nitrogens is 3. The van der Waals surface area contributed by atoms with Crippen molar-refractivity contribution in [3.05, 3.63) is 36.3 Å². The summed E-state index contributed by atoms with van der Waals surface area (Å²) in [4.78, 5) is 4.39. The second-order valence-electron chi connectivity index (χ2n) is 5.88. The molecule has 1 saturated heterocycles. The highest BCUT2D eigenvalue weighted by atomic mass is 32.2. The molecule has 3 rings (SSSR count). The predicted octanol–water partition coefficient (Wildman–Crippen LogP) is 1.37. The molecule has 0 aromatic carbocycles. The topological polar surface area (TPSA) is 77.3 Å². The van der Waals surface area contributed by atoms with E-state index >= 15 is 0 Å². The van der Waals surface area contributed by atoms with E-state index in [1.54, 1.807) is 6.20 Å². The molecule has 2 atom stereocenters. The molecule has 1 aliphatic rings. The Kier molecular flexibility index (Phi) is 4.22. The molecule has 1 fully saturated rings. The molecule has 0 amide bonds. The number of hydrogen-bond donors (Lipinski definition) is 0. The van der Waals surface area contributed by atoms with Gasteiger partial charge in [-0.3, -0.25) is 0 Å². The third-order valence-electron chi connectivity index (χ3n) is 3.85. The lowest BCUT2D eigenvalue weighted by molar-refractivity contribution is -0.0170. The number of ether oxygens (including phenoxy) is 1. The number of sulfonamides is 1. The Morgan fingerprint density at radius 2 is 2.13 bits per heavy atom. The van der Waals surface area contributed by atoms with Crippen molar-refractivity contribution in [3.8, 4) is 5.82 Å².